The zero-order valence-corrected chi connectivity index (χ0v) is 11.2. The number of rotatable bonds is 4. The number of hydrogen-bond donors (Lipinski definition) is 1. The lowest BCUT2D eigenvalue weighted by molar-refractivity contribution is 0.0115. The van der Waals surface area contributed by atoms with Crippen LogP contribution < -0.4 is 5.32 Å². The quantitative estimate of drug-likeness (QED) is 0.887. The fraction of sp³-hybridized carbons (Fsp3) is 0.600. The maximum atomic E-state index is 13.1. The van der Waals surface area contributed by atoms with Gasteiger partial charge in [-0.15, -0.1) is 0 Å². The summed E-state index contributed by atoms with van der Waals surface area (Å²) in [5.41, 5.74) is 2.06. The highest BCUT2D eigenvalue weighted by Crippen LogP contribution is 2.22. The molecule has 3 heteroatoms. The molecule has 0 aromatic heterocycles. The molecule has 1 aromatic rings. The Morgan fingerprint density at radius 2 is 2.00 bits per heavy atom. The van der Waals surface area contributed by atoms with Crippen molar-refractivity contribution in [3.63, 3.8) is 0 Å². The molecule has 0 aliphatic heterocycles. The lowest BCUT2D eigenvalue weighted by atomic mass is 9.93. The Labute approximate surface area is 109 Å². The monoisotopic (exact) mass is 251 g/mol. The molecule has 0 unspecified atom stereocenters. The Kier molecular flexibility index (Phi) is 4.72. The van der Waals surface area contributed by atoms with E-state index in [1.807, 2.05) is 20.0 Å². The molecule has 1 aliphatic rings. The van der Waals surface area contributed by atoms with E-state index < -0.39 is 0 Å². The molecule has 0 saturated heterocycles. The Bertz CT molecular complexity index is 386. The highest BCUT2D eigenvalue weighted by atomic mass is 19.1. The van der Waals surface area contributed by atoms with E-state index in [0.29, 0.717) is 18.8 Å². The van der Waals surface area contributed by atoms with E-state index >= 15 is 0 Å². The smallest absolute Gasteiger partial charge is 0.123 e. The Hall–Kier alpha value is -0.930. The van der Waals surface area contributed by atoms with Crippen LogP contribution >= 0.6 is 0 Å². The van der Waals surface area contributed by atoms with Crippen LogP contribution in [-0.4, -0.2) is 19.2 Å². The van der Waals surface area contributed by atoms with Crippen molar-refractivity contribution in [3.05, 3.63) is 35.1 Å². The van der Waals surface area contributed by atoms with Gasteiger partial charge in [-0.25, -0.2) is 4.39 Å². The molecule has 0 amide bonds. The minimum absolute atomic E-state index is 0.182. The van der Waals surface area contributed by atoms with Gasteiger partial charge >= 0.3 is 0 Å². The van der Waals surface area contributed by atoms with Crippen LogP contribution in [0.3, 0.4) is 0 Å². The molecule has 18 heavy (non-hydrogen) atoms. The van der Waals surface area contributed by atoms with Gasteiger partial charge in [-0.1, -0.05) is 6.07 Å². The summed E-state index contributed by atoms with van der Waals surface area (Å²) >= 11 is 0. The van der Waals surface area contributed by atoms with Crippen LogP contribution in [0.1, 0.15) is 36.8 Å². The number of nitrogens with one attached hydrogen (secondary N) is 1. The predicted octanol–water partition coefficient (Wildman–Crippen LogP) is 3.18. The number of ether oxygens (including phenoxy) is 1. The van der Waals surface area contributed by atoms with Crippen LogP contribution in [0.5, 0.6) is 0 Å². The lowest BCUT2D eigenvalue weighted by Crippen LogP contribution is -2.32. The highest BCUT2D eigenvalue weighted by Gasteiger charge is 2.20. The molecule has 1 aromatic carbocycles. The third-order valence-electron chi connectivity index (χ3n) is 3.87. The van der Waals surface area contributed by atoms with E-state index in [1.54, 1.807) is 6.07 Å². The van der Waals surface area contributed by atoms with Gasteiger partial charge in [-0.05, 0) is 62.9 Å². The molecule has 100 valence electrons. The summed E-state index contributed by atoms with van der Waals surface area (Å²) < 4.78 is 19.0. The van der Waals surface area contributed by atoms with Gasteiger partial charge in [0, 0.05) is 6.04 Å². The third-order valence-corrected chi connectivity index (χ3v) is 3.87. The van der Waals surface area contributed by atoms with Crippen molar-refractivity contribution >= 4 is 0 Å². The Morgan fingerprint density at radius 3 is 2.67 bits per heavy atom. The molecule has 0 spiro atoms. The molecule has 0 atom stereocenters. The van der Waals surface area contributed by atoms with Crippen LogP contribution in [0.25, 0.3) is 0 Å². The largest absolute Gasteiger partial charge is 0.374 e. The first-order valence-corrected chi connectivity index (χ1v) is 6.73. The maximum absolute atomic E-state index is 13.1. The highest BCUT2D eigenvalue weighted by molar-refractivity contribution is 5.25. The zero-order valence-electron chi connectivity index (χ0n) is 11.2. The van der Waals surface area contributed by atoms with Gasteiger partial charge in [-0.3, -0.25) is 0 Å². The lowest BCUT2D eigenvalue weighted by Gasteiger charge is -2.28. The minimum Gasteiger partial charge on any atom is -0.374 e. The normalized spacial score (nSPS) is 24.2. The molecule has 0 radical (unpaired) electrons. The molecule has 2 rings (SSSR count). The average Bonchev–Trinajstić information content (AvgIpc) is 2.40. The van der Waals surface area contributed by atoms with Crippen molar-refractivity contribution < 1.29 is 9.13 Å². The van der Waals surface area contributed by atoms with Gasteiger partial charge in [0.1, 0.15) is 5.82 Å². The van der Waals surface area contributed by atoms with Gasteiger partial charge in [0.25, 0.3) is 0 Å². The summed E-state index contributed by atoms with van der Waals surface area (Å²) in [7, 11) is 2.02. The summed E-state index contributed by atoms with van der Waals surface area (Å²) in [6.07, 6.45) is 4.86. The molecule has 0 heterocycles. The summed E-state index contributed by atoms with van der Waals surface area (Å²) in [6, 6.07) is 5.53. The topological polar surface area (TPSA) is 21.3 Å². The van der Waals surface area contributed by atoms with Crippen LogP contribution in [0.4, 0.5) is 4.39 Å². The van der Waals surface area contributed by atoms with Crippen molar-refractivity contribution in [1.29, 1.82) is 0 Å². The van der Waals surface area contributed by atoms with Gasteiger partial charge in [0.15, 0.2) is 0 Å². The Balaban J connectivity index is 1.83. The molecular weight excluding hydrogens is 229 g/mol. The molecule has 1 saturated carbocycles. The van der Waals surface area contributed by atoms with E-state index in [1.165, 1.54) is 18.9 Å². The van der Waals surface area contributed by atoms with Crippen LogP contribution in [-0.2, 0) is 11.3 Å². The van der Waals surface area contributed by atoms with Gasteiger partial charge in [-0.2, -0.15) is 0 Å². The van der Waals surface area contributed by atoms with E-state index in [9.17, 15) is 4.39 Å². The Morgan fingerprint density at radius 1 is 1.28 bits per heavy atom. The predicted molar refractivity (Wildman–Crippen MR) is 71.0 cm³/mol. The second-order valence-electron chi connectivity index (χ2n) is 5.14. The number of halogens is 1. The molecule has 2 nitrogen and oxygen atoms in total. The zero-order chi connectivity index (χ0) is 13.0. The van der Waals surface area contributed by atoms with E-state index in [4.69, 9.17) is 4.74 Å². The van der Waals surface area contributed by atoms with Gasteiger partial charge in [0.2, 0.25) is 0 Å². The van der Waals surface area contributed by atoms with Crippen molar-refractivity contribution in [1.82, 2.24) is 5.32 Å². The molecule has 1 N–H and O–H groups in total. The van der Waals surface area contributed by atoms with Crippen molar-refractivity contribution in [3.8, 4) is 0 Å². The molecule has 1 aliphatic carbocycles. The second kappa shape index (κ2) is 6.30. The molecule has 0 bridgehead atoms. The van der Waals surface area contributed by atoms with Crippen molar-refractivity contribution in [2.45, 2.75) is 51.4 Å². The first-order valence-electron chi connectivity index (χ1n) is 6.73. The van der Waals surface area contributed by atoms with Crippen molar-refractivity contribution in [2.75, 3.05) is 7.05 Å². The van der Waals surface area contributed by atoms with Gasteiger partial charge in [0.05, 0.1) is 12.7 Å². The fourth-order valence-corrected chi connectivity index (χ4v) is 2.52. The fourth-order valence-electron chi connectivity index (χ4n) is 2.52. The summed E-state index contributed by atoms with van der Waals surface area (Å²) in [4.78, 5) is 0. The van der Waals surface area contributed by atoms with Crippen LogP contribution in [0.15, 0.2) is 18.2 Å². The van der Waals surface area contributed by atoms with E-state index in [-0.39, 0.29) is 5.82 Å². The van der Waals surface area contributed by atoms with Crippen LogP contribution in [0, 0.1) is 12.7 Å². The number of hydrogen-bond acceptors (Lipinski definition) is 2. The molecular formula is C15H22FNO. The van der Waals surface area contributed by atoms with Crippen LogP contribution in [0.2, 0.25) is 0 Å². The standard InChI is InChI=1S/C15H22FNO/c1-11-3-4-13(16)9-12(11)10-18-15-7-5-14(17-2)6-8-15/h3-4,9,14-15,17H,5-8,10H2,1-2H3. The molecule has 1 fully saturated rings. The third kappa shape index (κ3) is 3.53. The summed E-state index contributed by atoms with van der Waals surface area (Å²) in [5.74, 6) is -0.182. The average molecular weight is 251 g/mol. The minimum atomic E-state index is -0.182. The van der Waals surface area contributed by atoms with E-state index in [2.05, 4.69) is 5.32 Å². The van der Waals surface area contributed by atoms with E-state index in [0.717, 1.165) is 24.0 Å². The summed E-state index contributed by atoms with van der Waals surface area (Å²) in [5, 5.41) is 3.31. The first kappa shape index (κ1) is 13.5. The van der Waals surface area contributed by atoms with Gasteiger partial charge < -0.3 is 10.1 Å². The maximum Gasteiger partial charge on any atom is 0.123 e. The number of benzene rings is 1. The second-order valence-corrected chi connectivity index (χ2v) is 5.14. The summed E-state index contributed by atoms with van der Waals surface area (Å²) in [6.45, 7) is 2.52. The van der Waals surface area contributed by atoms with Crippen molar-refractivity contribution in [2.24, 2.45) is 0 Å². The first-order chi connectivity index (χ1) is 8.69. The number of aryl methyl sites for hydroxylation is 1. The SMILES string of the molecule is CNC1CCC(OCc2cc(F)ccc2C)CC1.